The Hall–Kier alpha value is -4.97. The molecule has 2 N–H and O–H groups in total. The van der Waals surface area contributed by atoms with Crippen LogP contribution in [-0.4, -0.2) is 31.1 Å². The maximum atomic E-state index is 12.5. The van der Waals surface area contributed by atoms with E-state index in [0.29, 0.717) is 22.6 Å². The van der Waals surface area contributed by atoms with Gasteiger partial charge in [0.05, 0.1) is 31.4 Å². The maximum Gasteiger partial charge on any atom is 0.343 e. The molecule has 0 aliphatic carbocycles. The number of hydrazone groups is 1. The molecule has 2 amide bonds. The van der Waals surface area contributed by atoms with E-state index >= 15 is 0 Å². The summed E-state index contributed by atoms with van der Waals surface area (Å²) in [6, 6.07) is 20.4. The van der Waals surface area contributed by atoms with Crippen LogP contribution in [0.5, 0.6) is 11.5 Å². The molecule has 3 aromatic rings. The van der Waals surface area contributed by atoms with Gasteiger partial charge in [-0.15, -0.1) is 0 Å². The maximum absolute atomic E-state index is 12.5. The Morgan fingerprint density at radius 2 is 1.74 bits per heavy atom. The van der Waals surface area contributed by atoms with Gasteiger partial charge in [0.15, 0.2) is 11.5 Å². The summed E-state index contributed by atoms with van der Waals surface area (Å²) in [5.41, 5.74) is 5.12. The van der Waals surface area contributed by atoms with E-state index < -0.39 is 17.8 Å². The van der Waals surface area contributed by atoms with Gasteiger partial charge in [-0.1, -0.05) is 30.3 Å². The van der Waals surface area contributed by atoms with E-state index in [1.54, 1.807) is 54.6 Å². The van der Waals surface area contributed by atoms with Gasteiger partial charge in [0.1, 0.15) is 0 Å². The molecule has 9 heteroatoms. The number of hydrogen-bond donors (Lipinski definition) is 2. The van der Waals surface area contributed by atoms with E-state index in [0.717, 1.165) is 11.1 Å². The third-order valence-corrected chi connectivity index (χ3v) is 4.84. The number of carbonyl (C=O) groups excluding carboxylic acids is 3. The Morgan fingerprint density at radius 3 is 2.43 bits per heavy atom. The van der Waals surface area contributed by atoms with Crippen molar-refractivity contribution < 1.29 is 23.9 Å². The summed E-state index contributed by atoms with van der Waals surface area (Å²) in [5.74, 6) is -1.85. The first-order chi connectivity index (χ1) is 16.9. The van der Waals surface area contributed by atoms with E-state index in [1.807, 2.05) is 25.1 Å². The molecule has 0 aliphatic rings. The largest absolute Gasteiger partial charge is 0.493 e. The van der Waals surface area contributed by atoms with Crippen LogP contribution in [0.15, 0.2) is 71.8 Å². The highest BCUT2D eigenvalue weighted by Gasteiger charge is 2.15. The zero-order valence-electron chi connectivity index (χ0n) is 19.1. The molecule has 0 saturated heterocycles. The van der Waals surface area contributed by atoms with Crippen LogP contribution in [0.2, 0.25) is 0 Å². The molecule has 0 atom stereocenters. The molecule has 0 heterocycles. The highest BCUT2D eigenvalue weighted by atomic mass is 16.6. The number of rotatable bonds is 7. The Bertz CT molecular complexity index is 1310. The van der Waals surface area contributed by atoms with Gasteiger partial charge in [-0.25, -0.2) is 10.2 Å². The van der Waals surface area contributed by atoms with Gasteiger partial charge in [0, 0.05) is 5.69 Å². The lowest BCUT2D eigenvalue weighted by Crippen LogP contribution is -2.32. The molecule has 0 saturated carbocycles. The second kappa shape index (κ2) is 11.8. The second-order valence-corrected chi connectivity index (χ2v) is 7.30. The Balaban J connectivity index is 1.59. The number of nitrogens with zero attached hydrogens (tertiary/aromatic N) is 2. The van der Waals surface area contributed by atoms with Crippen molar-refractivity contribution in [1.29, 1.82) is 5.26 Å². The smallest absolute Gasteiger partial charge is 0.343 e. The molecule has 0 aromatic heterocycles. The molecule has 0 aliphatic heterocycles. The number of aryl methyl sites for hydroxylation is 1. The highest BCUT2D eigenvalue weighted by Crippen LogP contribution is 2.28. The van der Waals surface area contributed by atoms with Gasteiger partial charge >= 0.3 is 17.8 Å². The number of benzene rings is 3. The zero-order chi connectivity index (χ0) is 25.2. The average Bonchev–Trinajstić information content (AvgIpc) is 2.86. The molecule has 176 valence electrons. The zero-order valence-corrected chi connectivity index (χ0v) is 19.1. The summed E-state index contributed by atoms with van der Waals surface area (Å²) in [6.07, 6.45) is 1.57. The minimum atomic E-state index is -0.960. The summed E-state index contributed by atoms with van der Waals surface area (Å²) in [7, 11) is 1.43. The van der Waals surface area contributed by atoms with Gasteiger partial charge in [-0.05, 0) is 60.0 Å². The predicted octanol–water partition coefficient (Wildman–Crippen LogP) is 3.38. The standard InChI is InChI=1S/C26H22N4O5/c1-17-5-3-4-6-21(17)26(33)35-22-12-9-19(15-23(22)34-2)16-28-30-25(32)24(31)29-20-10-7-18(8-11-20)13-14-27/h3-12,15-16H,13H2,1-2H3,(H,29,31)(H,30,32)/b28-16+. The average molecular weight is 470 g/mol. The van der Waals surface area contributed by atoms with Crippen molar-refractivity contribution >= 4 is 29.7 Å². The number of anilines is 1. The summed E-state index contributed by atoms with van der Waals surface area (Å²) < 4.78 is 10.8. The number of methoxy groups -OCH3 is 1. The number of esters is 1. The van der Waals surface area contributed by atoms with E-state index in [9.17, 15) is 14.4 Å². The van der Waals surface area contributed by atoms with Crippen LogP contribution in [-0.2, 0) is 16.0 Å². The fourth-order valence-corrected chi connectivity index (χ4v) is 3.01. The van der Waals surface area contributed by atoms with Crippen LogP contribution >= 0.6 is 0 Å². The summed E-state index contributed by atoms with van der Waals surface area (Å²) in [4.78, 5) is 36.5. The monoisotopic (exact) mass is 470 g/mol. The van der Waals surface area contributed by atoms with Gasteiger partial charge < -0.3 is 14.8 Å². The third kappa shape index (κ3) is 6.76. The fourth-order valence-electron chi connectivity index (χ4n) is 3.01. The number of nitrogens with one attached hydrogen (secondary N) is 2. The first-order valence-electron chi connectivity index (χ1n) is 10.5. The summed E-state index contributed by atoms with van der Waals surface area (Å²) >= 11 is 0. The number of carbonyl (C=O) groups is 3. The molecule has 3 aromatic carbocycles. The Kier molecular flexibility index (Phi) is 8.29. The summed E-state index contributed by atoms with van der Waals surface area (Å²) in [5, 5.41) is 14.9. The van der Waals surface area contributed by atoms with Crippen molar-refractivity contribution in [3.05, 3.63) is 89.0 Å². The predicted molar refractivity (Wildman–Crippen MR) is 129 cm³/mol. The van der Waals surface area contributed by atoms with Crippen molar-refractivity contribution in [2.45, 2.75) is 13.3 Å². The van der Waals surface area contributed by atoms with Gasteiger partial charge in [-0.2, -0.15) is 10.4 Å². The quantitative estimate of drug-likeness (QED) is 0.179. The van der Waals surface area contributed by atoms with Crippen LogP contribution in [0.25, 0.3) is 0 Å². The topological polar surface area (TPSA) is 130 Å². The van der Waals surface area contributed by atoms with Crippen LogP contribution in [0.3, 0.4) is 0 Å². The molecule has 0 radical (unpaired) electrons. The molecule has 0 spiro atoms. The lowest BCUT2D eigenvalue weighted by molar-refractivity contribution is -0.136. The number of hydrogen-bond acceptors (Lipinski definition) is 7. The van der Waals surface area contributed by atoms with Crippen LogP contribution in [0.1, 0.15) is 27.0 Å². The lowest BCUT2D eigenvalue weighted by Gasteiger charge is -2.11. The van der Waals surface area contributed by atoms with Crippen molar-refractivity contribution in [2.24, 2.45) is 5.10 Å². The number of ether oxygens (including phenoxy) is 2. The third-order valence-electron chi connectivity index (χ3n) is 4.84. The lowest BCUT2D eigenvalue weighted by atomic mass is 10.1. The minimum absolute atomic E-state index is 0.224. The van der Waals surface area contributed by atoms with E-state index in [-0.39, 0.29) is 12.2 Å². The SMILES string of the molecule is COc1cc(/C=N/NC(=O)C(=O)Nc2ccc(CC#N)cc2)ccc1OC(=O)c1ccccc1C. The first kappa shape index (κ1) is 24.7. The van der Waals surface area contributed by atoms with Crippen LogP contribution < -0.4 is 20.2 Å². The first-order valence-corrected chi connectivity index (χ1v) is 10.5. The van der Waals surface area contributed by atoms with Gasteiger partial charge in [0.2, 0.25) is 0 Å². The normalized spacial score (nSPS) is 10.3. The van der Waals surface area contributed by atoms with E-state index in [4.69, 9.17) is 14.7 Å². The van der Waals surface area contributed by atoms with E-state index in [2.05, 4.69) is 15.8 Å². The Labute approximate surface area is 202 Å². The van der Waals surface area contributed by atoms with Crippen molar-refractivity contribution in [3.63, 3.8) is 0 Å². The number of nitriles is 1. The molecule has 3 rings (SSSR count). The minimum Gasteiger partial charge on any atom is -0.493 e. The molecule has 9 nitrogen and oxygen atoms in total. The molecule has 0 fully saturated rings. The Morgan fingerprint density at radius 1 is 1.00 bits per heavy atom. The number of amides is 2. The second-order valence-electron chi connectivity index (χ2n) is 7.30. The van der Waals surface area contributed by atoms with Crippen molar-refractivity contribution in [1.82, 2.24) is 5.43 Å². The van der Waals surface area contributed by atoms with Crippen molar-refractivity contribution in [3.8, 4) is 17.6 Å². The van der Waals surface area contributed by atoms with Gasteiger partial charge in [-0.3, -0.25) is 9.59 Å². The van der Waals surface area contributed by atoms with E-state index in [1.165, 1.54) is 13.3 Å². The molecular formula is C26H22N4O5. The molecule has 0 bridgehead atoms. The summed E-state index contributed by atoms with van der Waals surface area (Å²) in [6.45, 7) is 1.81. The van der Waals surface area contributed by atoms with Gasteiger partial charge in [0.25, 0.3) is 0 Å². The van der Waals surface area contributed by atoms with Crippen LogP contribution in [0, 0.1) is 18.3 Å². The van der Waals surface area contributed by atoms with Crippen LogP contribution in [0.4, 0.5) is 5.69 Å². The molecular weight excluding hydrogens is 448 g/mol. The molecule has 35 heavy (non-hydrogen) atoms. The molecule has 0 unspecified atom stereocenters. The van der Waals surface area contributed by atoms with Crippen molar-refractivity contribution in [2.75, 3.05) is 12.4 Å². The highest BCUT2D eigenvalue weighted by molar-refractivity contribution is 6.39. The fraction of sp³-hybridized carbons (Fsp3) is 0.115.